The minimum Gasteiger partial charge on any atom is -0.504 e. The second-order valence-corrected chi connectivity index (χ2v) is 4.59. The molecule has 0 unspecified atom stereocenters. The molecule has 5 N–H and O–H groups in total. The molecule has 0 bridgehead atoms. The molecule has 8 heteroatoms. The van der Waals surface area contributed by atoms with Crippen molar-refractivity contribution in [3.05, 3.63) is 16.9 Å². The van der Waals surface area contributed by atoms with Gasteiger partial charge in [0.05, 0.1) is 13.2 Å². The Labute approximate surface area is 114 Å². The van der Waals surface area contributed by atoms with Gasteiger partial charge in [0.1, 0.15) is 11.4 Å². The van der Waals surface area contributed by atoms with Crippen LogP contribution < -0.4 is 0 Å². The van der Waals surface area contributed by atoms with E-state index in [2.05, 4.69) is 0 Å². The van der Waals surface area contributed by atoms with E-state index >= 15 is 0 Å². The first-order chi connectivity index (χ1) is 9.28. The Morgan fingerprint density at radius 1 is 1.05 bits per heavy atom. The van der Waals surface area contributed by atoms with Crippen molar-refractivity contribution in [3.63, 3.8) is 0 Å². The van der Waals surface area contributed by atoms with Crippen molar-refractivity contribution in [2.45, 2.75) is 12.8 Å². The number of morpholine rings is 1. The molecule has 1 aromatic rings. The molecule has 0 saturated carbocycles. The van der Waals surface area contributed by atoms with Crippen LogP contribution in [0, 0.1) is 12.7 Å². The van der Waals surface area contributed by atoms with Crippen LogP contribution in [0.25, 0.3) is 0 Å². The van der Waals surface area contributed by atoms with E-state index in [0.717, 1.165) is 11.8 Å². The van der Waals surface area contributed by atoms with Gasteiger partial charge in [-0.25, -0.2) is 9.29 Å². The average molecular weight is 289 g/mol. The summed E-state index contributed by atoms with van der Waals surface area (Å²) in [5.74, 6) is -6.98. The zero-order valence-electron chi connectivity index (χ0n) is 10.8. The fourth-order valence-corrected chi connectivity index (χ4v) is 2.14. The number of hydrogen-bond donors (Lipinski definition) is 5. The highest BCUT2D eigenvalue weighted by Crippen LogP contribution is 2.46. The summed E-state index contributed by atoms with van der Waals surface area (Å²) >= 11 is 0. The van der Waals surface area contributed by atoms with Crippen LogP contribution in [-0.2, 0) is 10.6 Å². The van der Waals surface area contributed by atoms with Crippen LogP contribution in [0.2, 0.25) is 0 Å². The second-order valence-electron chi connectivity index (χ2n) is 4.59. The Bertz CT molecular complexity index is 498. The summed E-state index contributed by atoms with van der Waals surface area (Å²) in [7, 11) is 0. The summed E-state index contributed by atoms with van der Waals surface area (Å²) in [4.78, 5) is 1.09. The lowest BCUT2D eigenvalue weighted by atomic mass is 10.0. The SMILES string of the molecule is Cc1c(O)c(O)c(O)c(C(O)(O)N2CCOCC2)c1F. The molecular weight excluding hydrogens is 273 g/mol. The number of hydrogen-bond acceptors (Lipinski definition) is 7. The van der Waals surface area contributed by atoms with Crippen LogP contribution in [-0.4, -0.2) is 56.7 Å². The van der Waals surface area contributed by atoms with Crippen molar-refractivity contribution in [2.75, 3.05) is 26.3 Å². The smallest absolute Gasteiger partial charge is 0.260 e. The van der Waals surface area contributed by atoms with Gasteiger partial charge in [-0.05, 0) is 6.92 Å². The molecule has 7 nitrogen and oxygen atoms in total. The number of rotatable bonds is 2. The molecule has 1 saturated heterocycles. The Kier molecular flexibility index (Phi) is 3.74. The van der Waals surface area contributed by atoms with E-state index in [1.807, 2.05) is 0 Å². The van der Waals surface area contributed by atoms with Gasteiger partial charge in [-0.3, -0.25) is 0 Å². The lowest BCUT2D eigenvalue weighted by Gasteiger charge is -2.38. The fourth-order valence-electron chi connectivity index (χ4n) is 2.14. The fraction of sp³-hybridized carbons (Fsp3) is 0.500. The largest absolute Gasteiger partial charge is 0.504 e. The number of aliphatic hydroxyl groups is 2. The van der Waals surface area contributed by atoms with E-state index in [9.17, 15) is 29.9 Å². The number of halogens is 1. The van der Waals surface area contributed by atoms with Crippen LogP contribution in [0.3, 0.4) is 0 Å². The summed E-state index contributed by atoms with van der Waals surface area (Å²) in [5.41, 5.74) is -1.29. The van der Waals surface area contributed by atoms with Crippen molar-refractivity contribution in [1.29, 1.82) is 0 Å². The average Bonchev–Trinajstić information content (AvgIpc) is 2.44. The van der Waals surface area contributed by atoms with Crippen LogP contribution in [0.15, 0.2) is 0 Å². The molecule has 0 spiro atoms. The Balaban J connectivity index is 2.56. The third-order valence-corrected chi connectivity index (χ3v) is 3.38. The van der Waals surface area contributed by atoms with Crippen LogP contribution in [0.5, 0.6) is 17.2 Å². The van der Waals surface area contributed by atoms with Gasteiger partial charge in [0.15, 0.2) is 11.5 Å². The van der Waals surface area contributed by atoms with Crippen molar-refractivity contribution in [1.82, 2.24) is 4.90 Å². The monoisotopic (exact) mass is 289 g/mol. The maximum atomic E-state index is 14.1. The van der Waals surface area contributed by atoms with E-state index in [-0.39, 0.29) is 26.3 Å². The Hall–Kier alpha value is -1.61. The number of phenolic OH excluding ortho intramolecular Hbond substituents is 3. The molecule has 1 heterocycles. The number of aromatic hydroxyl groups is 3. The number of phenols is 3. The maximum Gasteiger partial charge on any atom is 0.260 e. The molecule has 2 rings (SSSR count). The Morgan fingerprint density at radius 2 is 1.60 bits per heavy atom. The highest BCUT2D eigenvalue weighted by atomic mass is 19.1. The van der Waals surface area contributed by atoms with Crippen molar-refractivity contribution >= 4 is 0 Å². The molecule has 1 aliphatic heterocycles. The first-order valence-electron chi connectivity index (χ1n) is 5.99. The van der Waals surface area contributed by atoms with Crippen molar-refractivity contribution in [3.8, 4) is 17.2 Å². The summed E-state index contributed by atoms with van der Waals surface area (Å²) in [6, 6.07) is 0. The predicted octanol–water partition coefficient (Wildman–Crippen LogP) is -0.322. The van der Waals surface area contributed by atoms with E-state index in [4.69, 9.17) is 4.74 Å². The molecule has 0 aromatic heterocycles. The third-order valence-electron chi connectivity index (χ3n) is 3.38. The molecule has 1 aliphatic rings. The molecule has 0 radical (unpaired) electrons. The maximum absolute atomic E-state index is 14.1. The third kappa shape index (κ3) is 2.16. The first kappa shape index (κ1) is 14.8. The predicted molar refractivity (Wildman–Crippen MR) is 64.6 cm³/mol. The van der Waals surface area contributed by atoms with Crippen molar-refractivity contribution < 1.29 is 34.7 Å². The van der Waals surface area contributed by atoms with Gasteiger partial charge in [-0.1, -0.05) is 0 Å². The van der Waals surface area contributed by atoms with Crippen LogP contribution in [0.4, 0.5) is 4.39 Å². The molecule has 0 aliphatic carbocycles. The number of ether oxygens (including phenoxy) is 1. The zero-order chi connectivity index (χ0) is 15.1. The number of nitrogens with zero attached hydrogens (tertiary/aromatic N) is 1. The quantitative estimate of drug-likeness (QED) is 0.374. The zero-order valence-corrected chi connectivity index (χ0v) is 10.8. The Morgan fingerprint density at radius 3 is 2.15 bits per heavy atom. The summed E-state index contributed by atoms with van der Waals surface area (Å²) in [5, 5.41) is 49.0. The molecule has 20 heavy (non-hydrogen) atoms. The standard InChI is InChI=1S/C12H16FNO6/c1-6-8(13)7(10(16)11(17)9(6)15)12(18,19)14-2-4-20-5-3-14/h15-19H,2-5H2,1H3. The van der Waals surface area contributed by atoms with Gasteiger partial charge in [0, 0.05) is 18.7 Å². The second kappa shape index (κ2) is 5.06. The molecule has 1 aromatic carbocycles. The van der Waals surface area contributed by atoms with Gasteiger partial charge in [0.25, 0.3) is 5.91 Å². The van der Waals surface area contributed by atoms with Crippen LogP contribution >= 0.6 is 0 Å². The highest BCUT2D eigenvalue weighted by Gasteiger charge is 2.42. The number of benzene rings is 1. The molecule has 112 valence electrons. The van der Waals surface area contributed by atoms with Gasteiger partial charge in [-0.2, -0.15) is 0 Å². The minimum absolute atomic E-state index is 0.104. The molecule has 0 amide bonds. The van der Waals surface area contributed by atoms with Gasteiger partial charge in [0.2, 0.25) is 5.75 Å². The van der Waals surface area contributed by atoms with Gasteiger partial charge < -0.3 is 30.3 Å². The first-order valence-corrected chi connectivity index (χ1v) is 5.99. The van der Waals surface area contributed by atoms with Gasteiger partial charge >= 0.3 is 0 Å². The topological polar surface area (TPSA) is 114 Å². The summed E-state index contributed by atoms with van der Waals surface area (Å²) in [6.45, 7) is 1.78. The highest BCUT2D eigenvalue weighted by molar-refractivity contribution is 5.59. The van der Waals surface area contributed by atoms with Gasteiger partial charge in [-0.15, -0.1) is 0 Å². The van der Waals surface area contributed by atoms with E-state index in [1.165, 1.54) is 0 Å². The summed E-state index contributed by atoms with van der Waals surface area (Å²) in [6.07, 6.45) is 0. The van der Waals surface area contributed by atoms with E-state index in [0.29, 0.717) is 0 Å². The lowest BCUT2D eigenvalue weighted by Crippen LogP contribution is -2.51. The van der Waals surface area contributed by atoms with Crippen molar-refractivity contribution in [2.24, 2.45) is 0 Å². The minimum atomic E-state index is -2.83. The molecule has 1 fully saturated rings. The van der Waals surface area contributed by atoms with E-state index < -0.39 is 40.1 Å². The van der Waals surface area contributed by atoms with Crippen LogP contribution in [0.1, 0.15) is 11.1 Å². The van der Waals surface area contributed by atoms with E-state index in [1.54, 1.807) is 0 Å². The summed E-state index contributed by atoms with van der Waals surface area (Å²) < 4.78 is 19.2. The lowest BCUT2D eigenvalue weighted by molar-refractivity contribution is -0.288. The molecule has 0 atom stereocenters. The molecular formula is C12H16FNO6. The normalized spacial score (nSPS) is 17.4.